The largest absolute Gasteiger partial charge is 0.340 e. The molecular formula is C25H29ClN4O3. The molecule has 0 bridgehead atoms. The molecule has 7 nitrogen and oxygen atoms in total. The number of nitrogens with zero attached hydrogens (tertiary/aromatic N) is 3. The number of benzene rings is 2. The Hall–Kier alpha value is -2.90. The van der Waals surface area contributed by atoms with Gasteiger partial charge in [-0.25, -0.2) is 0 Å². The molecule has 3 amide bonds. The van der Waals surface area contributed by atoms with Gasteiger partial charge >= 0.3 is 0 Å². The summed E-state index contributed by atoms with van der Waals surface area (Å²) in [4.78, 5) is 43.4. The lowest BCUT2D eigenvalue weighted by Gasteiger charge is -2.39. The SMILES string of the molecule is CC(=O)N1CCc2ccccc2C1CC(=O)N1CCN(CC(=O)Nc2ccccc2Cl)CC1. The molecule has 174 valence electrons. The number of piperazine rings is 1. The lowest BCUT2D eigenvalue weighted by molar-refractivity contribution is -0.137. The van der Waals surface area contributed by atoms with Gasteiger partial charge in [0.05, 0.1) is 29.7 Å². The zero-order chi connectivity index (χ0) is 23.4. The van der Waals surface area contributed by atoms with E-state index in [-0.39, 0.29) is 36.7 Å². The van der Waals surface area contributed by atoms with Crippen LogP contribution in [0, 0.1) is 0 Å². The van der Waals surface area contributed by atoms with Gasteiger partial charge in [-0.05, 0) is 29.7 Å². The Kier molecular flexibility index (Phi) is 7.30. The molecular weight excluding hydrogens is 440 g/mol. The minimum absolute atomic E-state index is 0.00310. The third kappa shape index (κ3) is 5.54. The fraction of sp³-hybridized carbons (Fsp3) is 0.400. The van der Waals surface area contributed by atoms with Gasteiger partial charge in [-0.1, -0.05) is 48.0 Å². The fourth-order valence-corrected chi connectivity index (χ4v) is 4.84. The van der Waals surface area contributed by atoms with Gasteiger partial charge in [-0.2, -0.15) is 0 Å². The Labute approximate surface area is 199 Å². The average molecular weight is 469 g/mol. The number of para-hydroxylation sites is 1. The Morgan fingerprint density at radius 2 is 1.67 bits per heavy atom. The summed E-state index contributed by atoms with van der Waals surface area (Å²) in [5, 5.41) is 3.34. The van der Waals surface area contributed by atoms with E-state index in [1.165, 1.54) is 5.56 Å². The summed E-state index contributed by atoms with van der Waals surface area (Å²) in [7, 11) is 0. The average Bonchev–Trinajstić information content (AvgIpc) is 2.81. The smallest absolute Gasteiger partial charge is 0.238 e. The Bertz CT molecular complexity index is 1040. The zero-order valence-electron chi connectivity index (χ0n) is 18.8. The molecule has 1 fully saturated rings. The molecule has 0 spiro atoms. The predicted molar refractivity (Wildman–Crippen MR) is 128 cm³/mol. The van der Waals surface area contributed by atoms with Crippen LogP contribution in [0.5, 0.6) is 0 Å². The number of halogens is 1. The molecule has 0 aromatic heterocycles. The van der Waals surface area contributed by atoms with Crippen molar-refractivity contribution in [1.82, 2.24) is 14.7 Å². The quantitative estimate of drug-likeness (QED) is 0.732. The molecule has 1 unspecified atom stereocenters. The van der Waals surface area contributed by atoms with Crippen LogP contribution in [0.2, 0.25) is 5.02 Å². The van der Waals surface area contributed by atoms with E-state index in [0.29, 0.717) is 43.4 Å². The minimum Gasteiger partial charge on any atom is -0.340 e. The lowest BCUT2D eigenvalue weighted by atomic mass is 9.90. The van der Waals surface area contributed by atoms with Crippen LogP contribution in [-0.4, -0.2) is 71.7 Å². The number of rotatable bonds is 5. The van der Waals surface area contributed by atoms with E-state index in [1.807, 2.05) is 45.0 Å². The number of amides is 3. The second-order valence-electron chi connectivity index (χ2n) is 8.57. The highest BCUT2D eigenvalue weighted by Crippen LogP contribution is 2.33. The molecule has 2 aromatic rings. The predicted octanol–water partition coefficient (Wildman–Crippen LogP) is 2.96. The topological polar surface area (TPSA) is 73.0 Å². The van der Waals surface area contributed by atoms with E-state index in [4.69, 9.17) is 11.6 Å². The minimum atomic E-state index is -0.223. The van der Waals surface area contributed by atoms with Gasteiger partial charge in [0.15, 0.2) is 0 Å². The number of nitrogens with one attached hydrogen (secondary N) is 1. The van der Waals surface area contributed by atoms with Crippen molar-refractivity contribution >= 4 is 35.0 Å². The lowest BCUT2D eigenvalue weighted by Crippen LogP contribution is -2.51. The van der Waals surface area contributed by atoms with Crippen LogP contribution >= 0.6 is 11.6 Å². The van der Waals surface area contributed by atoms with E-state index >= 15 is 0 Å². The molecule has 4 rings (SSSR count). The first-order valence-electron chi connectivity index (χ1n) is 11.3. The molecule has 1 atom stereocenters. The number of hydrogen-bond donors (Lipinski definition) is 1. The van der Waals surface area contributed by atoms with Gasteiger partial charge in [-0.15, -0.1) is 0 Å². The van der Waals surface area contributed by atoms with Crippen molar-refractivity contribution in [3.8, 4) is 0 Å². The molecule has 2 heterocycles. The first-order chi connectivity index (χ1) is 15.9. The number of anilines is 1. The molecule has 33 heavy (non-hydrogen) atoms. The maximum absolute atomic E-state index is 13.1. The van der Waals surface area contributed by atoms with Gasteiger partial charge in [0.1, 0.15) is 0 Å². The summed E-state index contributed by atoms with van der Waals surface area (Å²) < 4.78 is 0. The molecule has 2 aliphatic heterocycles. The van der Waals surface area contributed by atoms with Crippen LogP contribution in [0.1, 0.15) is 30.5 Å². The Balaban J connectivity index is 1.31. The Morgan fingerprint density at radius 1 is 0.970 bits per heavy atom. The third-order valence-electron chi connectivity index (χ3n) is 6.42. The van der Waals surface area contributed by atoms with Gasteiger partial charge in [0.2, 0.25) is 17.7 Å². The van der Waals surface area contributed by atoms with Gasteiger partial charge < -0.3 is 15.1 Å². The van der Waals surface area contributed by atoms with Crippen LogP contribution in [0.4, 0.5) is 5.69 Å². The number of hydrogen-bond acceptors (Lipinski definition) is 4. The Morgan fingerprint density at radius 3 is 2.39 bits per heavy atom. The summed E-state index contributed by atoms with van der Waals surface area (Å²) in [5.41, 5.74) is 2.88. The summed E-state index contributed by atoms with van der Waals surface area (Å²) in [5.74, 6) is -0.0847. The van der Waals surface area contributed by atoms with Crippen molar-refractivity contribution in [1.29, 1.82) is 0 Å². The normalized spacial score (nSPS) is 18.5. The monoisotopic (exact) mass is 468 g/mol. The summed E-state index contributed by atoms with van der Waals surface area (Å²) in [6, 6.07) is 15.0. The van der Waals surface area contributed by atoms with E-state index in [2.05, 4.69) is 11.4 Å². The van der Waals surface area contributed by atoms with E-state index < -0.39 is 0 Å². The number of fused-ring (bicyclic) bond motifs is 1. The molecule has 0 radical (unpaired) electrons. The highest BCUT2D eigenvalue weighted by Gasteiger charge is 2.32. The third-order valence-corrected chi connectivity index (χ3v) is 6.75. The molecule has 0 saturated carbocycles. The maximum Gasteiger partial charge on any atom is 0.238 e. The first-order valence-corrected chi connectivity index (χ1v) is 11.7. The van der Waals surface area contributed by atoms with Crippen molar-refractivity contribution in [3.05, 3.63) is 64.7 Å². The van der Waals surface area contributed by atoms with Crippen molar-refractivity contribution < 1.29 is 14.4 Å². The van der Waals surface area contributed by atoms with Crippen LogP contribution in [0.3, 0.4) is 0 Å². The highest BCUT2D eigenvalue weighted by molar-refractivity contribution is 6.33. The van der Waals surface area contributed by atoms with Gasteiger partial charge in [0, 0.05) is 39.6 Å². The molecule has 2 aromatic carbocycles. The van der Waals surface area contributed by atoms with Crippen LogP contribution in [0.25, 0.3) is 0 Å². The van der Waals surface area contributed by atoms with Crippen LogP contribution < -0.4 is 5.32 Å². The highest BCUT2D eigenvalue weighted by atomic mass is 35.5. The van der Waals surface area contributed by atoms with E-state index in [0.717, 1.165) is 12.0 Å². The van der Waals surface area contributed by atoms with Crippen molar-refractivity contribution in [2.24, 2.45) is 0 Å². The van der Waals surface area contributed by atoms with Gasteiger partial charge in [0.25, 0.3) is 0 Å². The summed E-state index contributed by atoms with van der Waals surface area (Å²) in [6.45, 7) is 4.83. The molecule has 8 heteroatoms. The molecule has 2 aliphatic rings. The van der Waals surface area contributed by atoms with E-state index in [1.54, 1.807) is 19.1 Å². The second kappa shape index (κ2) is 10.4. The standard InChI is InChI=1S/C25H29ClN4O3/c1-18(31)30-11-10-19-6-2-3-7-20(19)23(30)16-25(33)29-14-12-28(13-15-29)17-24(32)27-22-9-5-4-8-21(22)26/h2-9,23H,10-17H2,1H3,(H,27,32). The molecule has 1 saturated heterocycles. The first kappa shape index (κ1) is 23.3. The number of carbonyl (C=O) groups excluding carboxylic acids is 3. The second-order valence-corrected chi connectivity index (χ2v) is 8.97. The summed E-state index contributed by atoms with van der Waals surface area (Å²) >= 11 is 6.11. The van der Waals surface area contributed by atoms with Crippen LogP contribution in [-0.2, 0) is 20.8 Å². The maximum atomic E-state index is 13.1. The molecule has 1 N–H and O–H groups in total. The van der Waals surface area contributed by atoms with Crippen molar-refractivity contribution in [2.75, 3.05) is 44.6 Å². The van der Waals surface area contributed by atoms with E-state index in [9.17, 15) is 14.4 Å². The van der Waals surface area contributed by atoms with Crippen molar-refractivity contribution in [2.45, 2.75) is 25.8 Å². The van der Waals surface area contributed by atoms with Gasteiger partial charge in [-0.3, -0.25) is 19.3 Å². The molecule has 0 aliphatic carbocycles. The van der Waals surface area contributed by atoms with Crippen LogP contribution in [0.15, 0.2) is 48.5 Å². The van der Waals surface area contributed by atoms with Crippen molar-refractivity contribution in [3.63, 3.8) is 0 Å². The summed E-state index contributed by atoms with van der Waals surface area (Å²) in [6.07, 6.45) is 1.10. The zero-order valence-corrected chi connectivity index (χ0v) is 19.6. The fourth-order valence-electron chi connectivity index (χ4n) is 4.65. The number of carbonyl (C=O) groups is 3.